The van der Waals surface area contributed by atoms with Crippen molar-refractivity contribution in [1.29, 1.82) is 0 Å². The van der Waals surface area contributed by atoms with Crippen LogP contribution in [0, 0.1) is 0 Å². The summed E-state index contributed by atoms with van der Waals surface area (Å²) in [5.41, 5.74) is 1.84. The highest BCUT2D eigenvalue weighted by Crippen LogP contribution is 2.17. The zero-order valence-corrected chi connectivity index (χ0v) is 16.0. The van der Waals surface area contributed by atoms with Gasteiger partial charge in [0, 0.05) is 5.69 Å². The molecule has 0 atom stereocenters. The first-order chi connectivity index (χ1) is 12.6. The Balaban J connectivity index is 1.50. The SMILES string of the molecule is O=C(NC(=S)Nc1ccc(OCc2ccccc2)cc1)c1ccc(Br)o1. The fourth-order valence-corrected chi connectivity index (χ4v) is 2.66. The highest BCUT2D eigenvalue weighted by molar-refractivity contribution is 9.10. The average molecular weight is 431 g/mol. The third-order valence-electron chi connectivity index (χ3n) is 3.38. The summed E-state index contributed by atoms with van der Waals surface area (Å²) in [6.07, 6.45) is 0. The highest BCUT2D eigenvalue weighted by atomic mass is 79.9. The minimum atomic E-state index is -0.420. The fraction of sp³-hybridized carbons (Fsp3) is 0.0526. The predicted octanol–water partition coefficient (Wildman–Crippen LogP) is 4.75. The normalized spacial score (nSPS) is 10.2. The molecule has 1 aromatic heterocycles. The molecule has 0 radical (unpaired) electrons. The molecule has 0 spiro atoms. The number of rotatable bonds is 5. The second-order valence-corrected chi connectivity index (χ2v) is 6.50. The van der Waals surface area contributed by atoms with E-state index in [1.165, 1.54) is 0 Å². The number of nitrogens with one attached hydrogen (secondary N) is 2. The van der Waals surface area contributed by atoms with Crippen LogP contribution >= 0.6 is 28.1 Å². The molecule has 0 fully saturated rings. The van der Waals surface area contributed by atoms with Crippen molar-refractivity contribution in [2.24, 2.45) is 0 Å². The van der Waals surface area contributed by atoms with Crippen molar-refractivity contribution in [3.8, 4) is 5.75 Å². The van der Waals surface area contributed by atoms with Gasteiger partial charge in [-0.1, -0.05) is 30.3 Å². The van der Waals surface area contributed by atoms with Crippen LogP contribution in [0.1, 0.15) is 16.1 Å². The van der Waals surface area contributed by atoms with E-state index < -0.39 is 5.91 Å². The molecule has 0 aliphatic heterocycles. The lowest BCUT2D eigenvalue weighted by molar-refractivity contribution is 0.0949. The van der Waals surface area contributed by atoms with Crippen molar-refractivity contribution in [3.05, 3.63) is 82.7 Å². The molecule has 0 unspecified atom stereocenters. The molecule has 0 aliphatic carbocycles. The van der Waals surface area contributed by atoms with Crippen molar-refractivity contribution in [1.82, 2.24) is 5.32 Å². The highest BCUT2D eigenvalue weighted by Gasteiger charge is 2.12. The third kappa shape index (κ3) is 5.18. The summed E-state index contributed by atoms with van der Waals surface area (Å²) in [5, 5.41) is 5.68. The quantitative estimate of drug-likeness (QED) is 0.571. The number of benzene rings is 2. The number of furan rings is 1. The first-order valence-electron chi connectivity index (χ1n) is 7.74. The molecule has 3 aromatic rings. The smallest absolute Gasteiger partial charge is 0.293 e. The Morgan fingerprint density at radius 2 is 1.77 bits per heavy atom. The Morgan fingerprint density at radius 3 is 2.42 bits per heavy atom. The second kappa shape index (κ2) is 8.64. The van der Waals surface area contributed by atoms with Crippen LogP contribution < -0.4 is 15.4 Å². The van der Waals surface area contributed by atoms with E-state index in [0.717, 1.165) is 17.0 Å². The number of ether oxygens (including phenoxy) is 1. The van der Waals surface area contributed by atoms with Gasteiger partial charge in [-0.15, -0.1) is 0 Å². The van der Waals surface area contributed by atoms with Gasteiger partial charge in [-0.25, -0.2) is 0 Å². The maximum Gasteiger partial charge on any atom is 0.293 e. The van der Waals surface area contributed by atoms with Crippen LogP contribution in [0.3, 0.4) is 0 Å². The fourth-order valence-electron chi connectivity index (χ4n) is 2.14. The van der Waals surface area contributed by atoms with Gasteiger partial charge in [-0.3, -0.25) is 10.1 Å². The molecule has 1 heterocycles. The zero-order chi connectivity index (χ0) is 18.4. The molecule has 2 N–H and O–H groups in total. The zero-order valence-electron chi connectivity index (χ0n) is 13.6. The van der Waals surface area contributed by atoms with Gasteiger partial charge in [-0.05, 0) is 70.1 Å². The van der Waals surface area contributed by atoms with Gasteiger partial charge >= 0.3 is 0 Å². The molecule has 3 rings (SSSR count). The Hall–Kier alpha value is -2.64. The third-order valence-corrected chi connectivity index (χ3v) is 4.01. The number of carbonyl (C=O) groups excluding carboxylic acids is 1. The van der Waals surface area contributed by atoms with Crippen LogP contribution in [0.15, 0.2) is 75.8 Å². The molecule has 132 valence electrons. The van der Waals surface area contributed by atoms with Crippen LogP contribution in [0.2, 0.25) is 0 Å². The summed E-state index contributed by atoms with van der Waals surface area (Å²) in [6, 6.07) is 20.4. The van der Waals surface area contributed by atoms with Crippen LogP contribution in [0.5, 0.6) is 5.75 Å². The van der Waals surface area contributed by atoms with E-state index >= 15 is 0 Å². The summed E-state index contributed by atoms with van der Waals surface area (Å²) in [6.45, 7) is 0.501. The average Bonchev–Trinajstić information content (AvgIpc) is 3.08. The number of halogens is 1. The number of anilines is 1. The number of carbonyl (C=O) groups is 1. The van der Waals surface area contributed by atoms with Crippen molar-refractivity contribution < 1.29 is 13.9 Å². The Labute approximate surface area is 164 Å². The number of thiocarbonyl (C=S) groups is 1. The van der Waals surface area contributed by atoms with E-state index in [2.05, 4.69) is 26.6 Å². The second-order valence-electron chi connectivity index (χ2n) is 5.31. The topological polar surface area (TPSA) is 63.5 Å². The standard InChI is InChI=1S/C19H15BrN2O3S/c20-17-11-10-16(25-17)18(23)22-19(26)21-14-6-8-15(9-7-14)24-12-13-4-2-1-3-5-13/h1-11H,12H2,(H2,21,22,23,26). The van der Waals surface area contributed by atoms with Crippen LogP contribution in [0.25, 0.3) is 0 Å². The van der Waals surface area contributed by atoms with Gasteiger partial charge in [0.15, 0.2) is 15.5 Å². The molecule has 0 saturated heterocycles. The van der Waals surface area contributed by atoms with Gasteiger partial charge in [-0.2, -0.15) is 0 Å². The van der Waals surface area contributed by atoms with Gasteiger partial charge in [0.1, 0.15) is 12.4 Å². The number of amides is 1. The van der Waals surface area contributed by atoms with Crippen molar-refractivity contribution in [3.63, 3.8) is 0 Å². The maximum absolute atomic E-state index is 12.0. The van der Waals surface area contributed by atoms with Crippen molar-refractivity contribution in [2.45, 2.75) is 6.61 Å². The minimum absolute atomic E-state index is 0.172. The summed E-state index contributed by atoms with van der Waals surface area (Å²) in [5.74, 6) is 0.497. The van der Waals surface area contributed by atoms with Gasteiger partial charge in [0.2, 0.25) is 0 Å². The Morgan fingerprint density at radius 1 is 1.04 bits per heavy atom. The molecular weight excluding hydrogens is 416 g/mol. The Bertz CT molecular complexity index is 895. The lowest BCUT2D eigenvalue weighted by Gasteiger charge is -2.10. The summed E-state index contributed by atoms with van der Waals surface area (Å²) in [7, 11) is 0. The van der Waals surface area contributed by atoms with Crippen LogP contribution in [0.4, 0.5) is 5.69 Å². The lowest BCUT2D eigenvalue weighted by atomic mass is 10.2. The monoisotopic (exact) mass is 430 g/mol. The summed E-state index contributed by atoms with van der Waals surface area (Å²) >= 11 is 8.29. The molecule has 26 heavy (non-hydrogen) atoms. The first-order valence-corrected chi connectivity index (χ1v) is 8.95. The van der Waals surface area contributed by atoms with E-state index in [1.807, 2.05) is 54.6 Å². The van der Waals surface area contributed by atoms with E-state index in [9.17, 15) is 4.79 Å². The molecule has 2 aromatic carbocycles. The van der Waals surface area contributed by atoms with E-state index in [4.69, 9.17) is 21.4 Å². The molecule has 5 nitrogen and oxygen atoms in total. The van der Waals surface area contributed by atoms with E-state index in [-0.39, 0.29) is 10.9 Å². The largest absolute Gasteiger partial charge is 0.489 e. The van der Waals surface area contributed by atoms with Crippen LogP contribution in [-0.4, -0.2) is 11.0 Å². The van der Waals surface area contributed by atoms with Gasteiger partial charge < -0.3 is 14.5 Å². The minimum Gasteiger partial charge on any atom is -0.489 e. The Kier molecular flexibility index (Phi) is 6.04. The number of hydrogen-bond acceptors (Lipinski definition) is 4. The predicted molar refractivity (Wildman–Crippen MR) is 107 cm³/mol. The molecule has 0 saturated carbocycles. The molecule has 0 aliphatic rings. The molecule has 0 bridgehead atoms. The molecule has 1 amide bonds. The molecular formula is C19H15BrN2O3S. The van der Waals surface area contributed by atoms with Crippen molar-refractivity contribution in [2.75, 3.05) is 5.32 Å². The van der Waals surface area contributed by atoms with Gasteiger partial charge in [0.05, 0.1) is 0 Å². The number of hydrogen-bond donors (Lipinski definition) is 2. The first kappa shape index (κ1) is 18.2. The lowest BCUT2D eigenvalue weighted by Crippen LogP contribution is -2.33. The van der Waals surface area contributed by atoms with E-state index in [1.54, 1.807) is 12.1 Å². The maximum atomic E-state index is 12.0. The summed E-state index contributed by atoms with van der Waals surface area (Å²) in [4.78, 5) is 12.0. The van der Waals surface area contributed by atoms with Crippen molar-refractivity contribution >= 4 is 44.9 Å². The summed E-state index contributed by atoms with van der Waals surface area (Å²) < 4.78 is 11.4. The molecule has 7 heteroatoms. The van der Waals surface area contributed by atoms with Crippen LogP contribution in [-0.2, 0) is 6.61 Å². The van der Waals surface area contributed by atoms with E-state index in [0.29, 0.717) is 11.3 Å². The van der Waals surface area contributed by atoms with Gasteiger partial charge in [0.25, 0.3) is 5.91 Å².